The molecule has 1 aromatic heterocycles. The van der Waals surface area contributed by atoms with Gasteiger partial charge < -0.3 is 19.3 Å². The topological polar surface area (TPSA) is 120 Å². The van der Waals surface area contributed by atoms with Crippen LogP contribution in [0.3, 0.4) is 0 Å². The largest absolute Gasteiger partial charge is 0.489 e. The van der Waals surface area contributed by atoms with Gasteiger partial charge in [0.25, 0.3) is 5.91 Å². The van der Waals surface area contributed by atoms with Gasteiger partial charge in [-0.1, -0.05) is 5.16 Å². The summed E-state index contributed by atoms with van der Waals surface area (Å²) in [4.78, 5) is 34.2. The maximum Gasteiger partial charge on any atom is 0.338 e. The molecule has 0 aliphatic heterocycles. The van der Waals surface area contributed by atoms with Gasteiger partial charge in [0.05, 0.1) is 16.8 Å². The average Bonchev–Trinajstić information content (AvgIpc) is 2.96. The standard InChI is InChI=1S/C17H19N3O6/c1-10-14(11(2)26-20-10)8-24-13-6-4-12(5-7-13)16(22)25-9-15(21)19-17(23)18-3/h4-7H,8-9H2,1-3H3,(H2,18,19,21,23). The van der Waals surface area contributed by atoms with E-state index in [1.165, 1.54) is 19.2 Å². The summed E-state index contributed by atoms with van der Waals surface area (Å²) in [6, 6.07) is 5.58. The molecule has 3 amide bonds. The van der Waals surface area contributed by atoms with Crippen molar-refractivity contribution in [3.05, 3.63) is 46.8 Å². The van der Waals surface area contributed by atoms with Crippen LogP contribution in [0.5, 0.6) is 5.75 Å². The van der Waals surface area contributed by atoms with E-state index in [4.69, 9.17) is 14.0 Å². The summed E-state index contributed by atoms with van der Waals surface area (Å²) in [5.74, 6) is -0.164. The van der Waals surface area contributed by atoms with E-state index in [1.807, 2.05) is 12.2 Å². The van der Waals surface area contributed by atoms with Gasteiger partial charge >= 0.3 is 12.0 Å². The molecule has 9 nitrogen and oxygen atoms in total. The van der Waals surface area contributed by atoms with Gasteiger partial charge in [0, 0.05) is 7.05 Å². The van der Waals surface area contributed by atoms with Crippen LogP contribution < -0.4 is 15.4 Å². The second-order valence-electron chi connectivity index (χ2n) is 5.32. The van der Waals surface area contributed by atoms with E-state index < -0.39 is 24.5 Å². The third-order valence-corrected chi connectivity index (χ3v) is 3.47. The van der Waals surface area contributed by atoms with Crippen LogP contribution in [0.25, 0.3) is 0 Å². The number of carbonyl (C=O) groups excluding carboxylic acids is 3. The SMILES string of the molecule is CNC(=O)NC(=O)COC(=O)c1ccc(OCc2c(C)noc2C)cc1. The van der Waals surface area contributed by atoms with Crippen molar-refractivity contribution in [3.8, 4) is 5.75 Å². The lowest BCUT2D eigenvalue weighted by molar-refractivity contribution is -0.123. The van der Waals surface area contributed by atoms with Gasteiger partial charge in [0.2, 0.25) is 0 Å². The zero-order chi connectivity index (χ0) is 19.1. The number of amides is 3. The maximum atomic E-state index is 11.9. The number of urea groups is 1. The van der Waals surface area contributed by atoms with Gasteiger partial charge in [0.15, 0.2) is 6.61 Å². The lowest BCUT2D eigenvalue weighted by Crippen LogP contribution is -2.39. The summed E-state index contributed by atoms with van der Waals surface area (Å²) in [5, 5.41) is 8.05. The Hall–Kier alpha value is -3.36. The molecule has 2 aromatic rings. The Morgan fingerprint density at radius 3 is 2.42 bits per heavy atom. The van der Waals surface area contributed by atoms with E-state index in [-0.39, 0.29) is 5.56 Å². The van der Waals surface area contributed by atoms with E-state index in [1.54, 1.807) is 19.1 Å². The molecule has 0 bridgehead atoms. The summed E-state index contributed by atoms with van der Waals surface area (Å²) in [6.45, 7) is 3.37. The van der Waals surface area contributed by atoms with Crippen LogP contribution in [0.2, 0.25) is 0 Å². The molecule has 0 aliphatic rings. The van der Waals surface area contributed by atoms with Gasteiger partial charge in [-0.3, -0.25) is 10.1 Å². The summed E-state index contributed by atoms with van der Waals surface area (Å²) in [7, 11) is 1.37. The first-order chi connectivity index (χ1) is 12.4. The van der Waals surface area contributed by atoms with Crippen molar-refractivity contribution in [2.45, 2.75) is 20.5 Å². The molecule has 9 heteroatoms. The monoisotopic (exact) mass is 361 g/mol. The number of hydrogen-bond acceptors (Lipinski definition) is 7. The minimum Gasteiger partial charge on any atom is -0.489 e. The normalized spacial score (nSPS) is 10.1. The molecular weight excluding hydrogens is 342 g/mol. The molecule has 1 heterocycles. The number of carbonyl (C=O) groups is 3. The van der Waals surface area contributed by atoms with E-state index in [2.05, 4.69) is 10.5 Å². The number of esters is 1. The van der Waals surface area contributed by atoms with Crippen LogP contribution in [0.1, 0.15) is 27.4 Å². The third kappa shape index (κ3) is 5.07. The Balaban J connectivity index is 1.85. The molecule has 138 valence electrons. The summed E-state index contributed by atoms with van der Waals surface area (Å²) in [6.07, 6.45) is 0. The fourth-order valence-electron chi connectivity index (χ4n) is 1.99. The number of benzene rings is 1. The fraction of sp³-hybridized carbons (Fsp3) is 0.294. The lowest BCUT2D eigenvalue weighted by Gasteiger charge is -2.08. The zero-order valence-electron chi connectivity index (χ0n) is 14.6. The van der Waals surface area contributed by atoms with Crippen molar-refractivity contribution >= 4 is 17.9 Å². The summed E-state index contributed by atoms with van der Waals surface area (Å²) >= 11 is 0. The van der Waals surface area contributed by atoms with Gasteiger partial charge in [-0.2, -0.15) is 0 Å². The molecule has 1 aromatic carbocycles. The van der Waals surface area contributed by atoms with Gasteiger partial charge in [-0.05, 0) is 38.1 Å². The molecule has 0 saturated carbocycles. The van der Waals surface area contributed by atoms with Crippen LogP contribution in [-0.4, -0.2) is 36.7 Å². The van der Waals surface area contributed by atoms with Gasteiger partial charge in [-0.25, -0.2) is 9.59 Å². The highest BCUT2D eigenvalue weighted by Crippen LogP contribution is 2.18. The number of ether oxygens (including phenoxy) is 2. The minimum atomic E-state index is -0.725. The van der Waals surface area contributed by atoms with Crippen molar-refractivity contribution in [1.29, 1.82) is 0 Å². The van der Waals surface area contributed by atoms with E-state index in [9.17, 15) is 14.4 Å². The Morgan fingerprint density at radius 2 is 1.85 bits per heavy atom. The summed E-state index contributed by atoms with van der Waals surface area (Å²) < 4.78 is 15.5. The Labute approximate surface area is 149 Å². The van der Waals surface area contributed by atoms with Crippen molar-refractivity contribution in [1.82, 2.24) is 15.8 Å². The number of nitrogens with zero attached hydrogens (tertiary/aromatic N) is 1. The highest BCUT2D eigenvalue weighted by Gasteiger charge is 2.13. The predicted octanol–water partition coefficient (Wildman–Crippen LogP) is 1.48. The smallest absolute Gasteiger partial charge is 0.338 e. The zero-order valence-corrected chi connectivity index (χ0v) is 14.6. The molecule has 2 N–H and O–H groups in total. The number of rotatable bonds is 6. The number of hydrogen-bond donors (Lipinski definition) is 2. The van der Waals surface area contributed by atoms with Crippen LogP contribution in [0.15, 0.2) is 28.8 Å². The summed E-state index contributed by atoms with van der Waals surface area (Å²) in [5.41, 5.74) is 1.88. The minimum absolute atomic E-state index is 0.252. The second-order valence-corrected chi connectivity index (χ2v) is 5.32. The molecule has 0 fully saturated rings. The average molecular weight is 361 g/mol. The molecule has 0 saturated heterocycles. The Bertz CT molecular complexity index is 778. The quantitative estimate of drug-likeness (QED) is 0.748. The number of nitrogens with one attached hydrogen (secondary N) is 2. The van der Waals surface area contributed by atoms with E-state index in [0.29, 0.717) is 18.1 Å². The maximum absolute atomic E-state index is 11.9. The predicted molar refractivity (Wildman–Crippen MR) is 89.6 cm³/mol. The number of imide groups is 1. The molecule has 0 spiro atoms. The van der Waals surface area contributed by atoms with E-state index in [0.717, 1.165) is 11.3 Å². The van der Waals surface area contributed by atoms with Crippen LogP contribution in [0, 0.1) is 13.8 Å². The Kier molecular flexibility index (Phi) is 6.31. The van der Waals surface area contributed by atoms with Crippen molar-refractivity contribution < 1.29 is 28.4 Å². The molecular formula is C17H19N3O6. The molecule has 0 radical (unpaired) electrons. The van der Waals surface area contributed by atoms with Crippen LogP contribution >= 0.6 is 0 Å². The fourth-order valence-corrected chi connectivity index (χ4v) is 1.99. The molecule has 0 unspecified atom stereocenters. The van der Waals surface area contributed by atoms with Crippen LogP contribution in [-0.2, 0) is 16.1 Å². The second kappa shape index (κ2) is 8.65. The Morgan fingerprint density at radius 1 is 1.15 bits per heavy atom. The highest BCUT2D eigenvalue weighted by atomic mass is 16.5. The molecule has 0 atom stereocenters. The lowest BCUT2D eigenvalue weighted by atomic mass is 10.2. The molecule has 26 heavy (non-hydrogen) atoms. The van der Waals surface area contributed by atoms with Crippen LogP contribution in [0.4, 0.5) is 4.79 Å². The number of aromatic nitrogens is 1. The first kappa shape index (κ1) is 19.0. The third-order valence-electron chi connectivity index (χ3n) is 3.47. The van der Waals surface area contributed by atoms with Gasteiger partial charge in [0.1, 0.15) is 18.1 Å². The first-order valence-electron chi connectivity index (χ1n) is 7.74. The molecule has 2 rings (SSSR count). The van der Waals surface area contributed by atoms with Crippen molar-refractivity contribution in [2.75, 3.05) is 13.7 Å². The van der Waals surface area contributed by atoms with Crippen molar-refractivity contribution in [3.63, 3.8) is 0 Å². The molecule has 0 aliphatic carbocycles. The number of aryl methyl sites for hydroxylation is 2. The van der Waals surface area contributed by atoms with Crippen molar-refractivity contribution in [2.24, 2.45) is 0 Å². The van der Waals surface area contributed by atoms with Gasteiger partial charge in [-0.15, -0.1) is 0 Å². The highest BCUT2D eigenvalue weighted by molar-refractivity contribution is 5.96. The van der Waals surface area contributed by atoms with E-state index >= 15 is 0 Å². The first-order valence-corrected chi connectivity index (χ1v) is 7.74.